The predicted octanol–water partition coefficient (Wildman–Crippen LogP) is 0.964. The second-order valence-corrected chi connectivity index (χ2v) is 5.77. The van der Waals surface area contributed by atoms with E-state index in [1.165, 1.54) is 4.68 Å². The molecule has 2 heterocycles. The van der Waals surface area contributed by atoms with E-state index < -0.39 is 0 Å². The van der Waals surface area contributed by atoms with Crippen molar-refractivity contribution in [3.05, 3.63) is 21.0 Å². The van der Waals surface area contributed by atoms with Gasteiger partial charge in [0.15, 0.2) is 0 Å². The summed E-state index contributed by atoms with van der Waals surface area (Å²) in [5.41, 5.74) is 6.58. The van der Waals surface area contributed by atoms with Gasteiger partial charge in [-0.3, -0.25) is 4.79 Å². The molecule has 0 bridgehead atoms. The minimum absolute atomic E-state index is 0.101. The zero-order chi connectivity index (χ0) is 13.3. The third kappa shape index (κ3) is 2.44. The first-order valence-electron chi connectivity index (χ1n) is 6.21. The molecule has 6 heteroatoms. The SMILES string of the molecule is CC1CCN(c2cnn(C)c(=O)c2Br)CC1CN. The van der Waals surface area contributed by atoms with Crippen molar-refractivity contribution in [3.8, 4) is 0 Å². The van der Waals surface area contributed by atoms with Crippen LogP contribution in [0.15, 0.2) is 15.5 Å². The molecule has 100 valence electrons. The molecule has 18 heavy (non-hydrogen) atoms. The Kier molecular flexibility index (Phi) is 4.07. The van der Waals surface area contributed by atoms with Crippen LogP contribution in [0.2, 0.25) is 0 Å². The van der Waals surface area contributed by atoms with Gasteiger partial charge in [0.25, 0.3) is 5.56 Å². The van der Waals surface area contributed by atoms with Crippen molar-refractivity contribution < 1.29 is 0 Å². The van der Waals surface area contributed by atoms with E-state index in [1.807, 2.05) is 0 Å². The minimum atomic E-state index is -0.101. The summed E-state index contributed by atoms with van der Waals surface area (Å²) in [4.78, 5) is 14.1. The zero-order valence-corrected chi connectivity index (χ0v) is 12.4. The molecule has 1 fully saturated rings. The Morgan fingerprint density at radius 1 is 1.61 bits per heavy atom. The predicted molar refractivity (Wildman–Crippen MR) is 75.7 cm³/mol. The van der Waals surface area contributed by atoms with Gasteiger partial charge < -0.3 is 10.6 Å². The van der Waals surface area contributed by atoms with Crippen molar-refractivity contribution in [2.24, 2.45) is 24.6 Å². The van der Waals surface area contributed by atoms with E-state index in [-0.39, 0.29) is 5.56 Å². The molecule has 5 nitrogen and oxygen atoms in total. The van der Waals surface area contributed by atoms with Gasteiger partial charge in [0.1, 0.15) is 4.47 Å². The number of piperidine rings is 1. The first-order valence-corrected chi connectivity index (χ1v) is 7.00. The van der Waals surface area contributed by atoms with Crippen LogP contribution in [0.4, 0.5) is 5.69 Å². The van der Waals surface area contributed by atoms with Crippen molar-refractivity contribution in [3.63, 3.8) is 0 Å². The molecule has 0 aliphatic carbocycles. The van der Waals surface area contributed by atoms with Gasteiger partial charge in [-0.25, -0.2) is 4.68 Å². The van der Waals surface area contributed by atoms with Crippen molar-refractivity contribution in [2.45, 2.75) is 13.3 Å². The first-order chi connectivity index (χ1) is 8.54. The average molecular weight is 315 g/mol. The summed E-state index contributed by atoms with van der Waals surface area (Å²) in [6, 6.07) is 0. The second-order valence-electron chi connectivity index (χ2n) is 4.98. The molecule has 1 saturated heterocycles. The fraction of sp³-hybridized carbons (Fsp3) is 0.667. The standard InChI is InChI=1S/C12H19BrN4O/c1-8-3-4-17(7-9(8)5-14)10-6-15-16(2)12(18)11(10)13/h6,8-9H,3-5,7,14H2,1-2H3. The van der Waals surface area contributed by atoms with Crippen LogP contribution in [0.1, 0.15) is 13.3 Å². The summed E-state index contributed by atoms with van der Waals surface area (Å²) >= 11 is 3.38. The van der Waals surface area contributed by atoms with Gasteiger partial charge in [0.05, 0.1) is 11.9 Å². The van der Waals surface area contributed by atoms with Gasteiger partial charge in [0, 0.05) is 20.1 Å². The van der Waals surface area contributed by atoms with E-state index in [9.17, 15) is 4.79 Å². The van der Waals surface area contributed by atoms with Gasteiger partial charge in [-0.1, -0.05) is 6.92 Å². The van der Waals surface area contributed by atoms with Gasteiger partial charge >= 0.3 is 0 Å². The van der Waals surface area contributed by atoms with E-state index in [0.29, 0.717) is 22.9 Å². The van der Waals surface area contributed by atoms with Gasteiger partial charge in [0.2, 0.25) is 0 Å². The quantitative estimate of drug-likeness (QED) is 0.883. The monoisotopic (exact) mass is 314 g/mol. The Hall–Kier alpha value is -0.880. The Balaban J connectivity index is 2.27. The van der Waals surface area contributed by atoms with Crippen molar-refractivity contribution in [1.82, 2.24) is 9.78 Å². The molecule has 2 unspecified atom stereocenters. The zero-order valence-electron chi connectivity index (χ0n) is 10.8. The lowest BCUT2D eigenvalue weighted by Gasteiger charge is -2.38. The molecule has 1 aliphatic heterocycles. The third-order valence-corrected chi connectivity index (χ3v) is 4.56. The van der Waals surface area contributed by atoms with Crippen molar-refractivity contribution >= 4 is 21.6 Å². The highest BCUT2D eigenvalue weighted by Crippen LogP contribution is 2.29. The normalized spacial score (nSPS) is 24.3. The third-order valence-electron chi connectivity index (χ3n) is 3.82. The number of halogens is 1. The average Bonchev–Trinajstić information content (AvgIpc) is 2.37. The van der Waals surface area contributed by atoms with Gasteiger partial charge in [-0.15, -0.1) is 0 Å². The molecule has 1 aliphatic rings. The highest BCUT2D eigenvalue weighted by Gasteiger charge is 2.27. The van der Waals surface area contributed by atoms with E-state index >= 15 is 0 Å². The number of nitrogens with two attached hydrogens (primary N) is 1. The Labute approximate surface area is 115 Å². The highest BCUT2D eigenvalue weighted by molar-refractivity contribution is 9.10. The number of aryl methyl sites for hydroxylation is 1. The van der Waals surface area contributed by atoms with Crippen LogP contribution in [0, 0.1) is 11.8 Å². The Morgan fingerprint density at radius 2 is 2.33 bits per heavy atom. The number of aromatic nitrogens is 2. The van der Waals surface area contributed by atoms with Gasteiger partial charge in [-0.2, -0.15) is 5.10 Å². The summed E-state index contributed by atoms with van der Waals surface area (Å²) in [6.07, 6.45) is 2.85. The number of rotatable bonds is 2. The van der Waals surface area contributed by atoms with E-state index in [0.717, 1.165) is 25.2 Å². The summed E-state index contributed by atoms with van der Waals surface area (Å²) < 4.78 is 1.92. The molecular formula is C12H19BrN4O. The lowest BCUT2D eigenvalue weighted by atomic mass is 9.87. The van der Waals surface area contributed by atoms with Crippen molar-refractivity contribution in [1.29, 1.82) is 0 Å². The number of nitrogens with zero attached hydrogens (tertiary/aromatic N) is 3. The van der Waals surface area contributed by atoms with E-state index in [4.69, 9.17) is 5.73 Å². The van der Waals surface area contributed by atoms with Crippen LogP contribution < -0.4 is 16.2 Å². The lowest BCUT2D eigenvalue weighted by molar-refractivity contribution is 0.307. The highest BCUT2D eigenvalue weighted by atomic mass is 79.9. The molecule has 1 aromatic rings. The summed E-state index contributed by atoms with van der Waals surface area (Å²) in [5, 5.41) is 4.09. The summed E-state index contributed by atoms with van der Waals surface area (Å²) in [6.45, 7) is 4.77. The van der Waals surface area contributed by atoms with Crippen molar-refractivity contribution in [2.75, 3.05) is 24.5 Å². The van der Waals surface area contributed by atoms with Crippen LogP contribution in [-0.2, 0) is 7.05 Å². The molecule has 1 aromatic heterocycles. The smallest absolute Gasteiger partial charge is 0.282 e. The van der Waals surface area contributed by atoms with Crippen LogP contribution in [-0.4, -0.2) is 29.4 Å². The maximum absolute atomic E-state index is 11.8. The van der Waals surface area contributed by atoms with Crippen LogP contribution in [0.5, 0.6) is 0 Å². The van der Waals surface area contributed by atoms with Crippen LogP contribution >= 0.6 is 15.9 Å². The summed E-state index contributed by atoms with van der Waals surface area (Å²) in [5.74, 6) is 1.12. The molecule has 0 aromatic carbocycles. The maximum Gasteiger partial charge on any atom is 0.282 e. The molecule has 0 amide bonds. The number of hydrogen-bond acceptors (Lipinski definition) is 4. The molecular weight excluding hydrogens is 296 g/mol. The second kappa shape index (κ2) is 5.40. The molecule has 0 saturated carbocycles. The number of hydrogen-bond donors (Lipinski definition) is 1. The Morgan fingerprint density at radius 3 is 3.00 bits per heavy atom. The Bertz CT molecular complexity index is 487. The fourth-order valence-electron chi connectivity index (χ4n) is 2.40. The lowest BCUT2D eigenvalue weighted by Crippen LogP contribution is -2.43. The summed E-state index contributed by atoms with van der Waals surface area (Å²) in [7, 11) is 1.65. The van der Waals surface area contributed by atoms with E-state index in [1.54, 1.807) is 13.2 Å². The molecule has 2 atom stereocenters. The molecule has 0 radical (unpaired) electrons. The largest absolute Gasteiger partial charge is 0.369 e. The molecule has 2 rings (SSSR count). The molecule has 0 spiro atoms. The number of anilines is 1. The van der Waals surface area contributed by atoms with Gasteiger partial charge in [-0.05, 0) is 40.7 Å². The molecule has 2 N–H and O–H groups in total. The van der Waals surface area contributed by atoms with Crippen LogP contribution in [0.3, 0.4) is 0 Å². The fourth-order valence-corrected chi connectivity index (χ4v) is 3.01. The minimum Gasteiger partial charge on any atom is -0.369 e. The topological polar surface area (TPSA) is 64.2 Å². The first kappa shape index (κ1) is 13.5. The maximum atomic E-state index is 11.8. The van der Waals surface area contributed by atoms with E-state index in [2.05, 4.69) is 32.9 Å². The van der Waals surface area contributed by atoms with Crippen LogP contribution in [0.25, 0.3) is 0 Å².